The lowest BCUT2D eigenvalue weighted by Gasteiger charge is -2.03. The molecule has 0 unspecified atom stereocenters. The number of hydrogen-bond acceptors (Lipinski definition) is 4. The number of urea groups is 1. The molecular weight excluding hydrogens is 200 g/mol. The summed E-state index contributed by atoms with van der Waals surface area (Å²) in [5.41, 5.74) is 0. The number of rotatable bonds is 4. The van der Waals surface area contributed by atoms with Gasteiger partial charge in [-0.3, -0.25) is 0 Å². The summed E-state index contributed by atoms with van der Waals surface area (Å²) < 4.78 is 0. The van der Waals surface area contributed by atoms with E-state index in [1.54, 1.807) is 0 Å². The quantitative estimate of drug-likeness (QED) is 0.787. The Kier molecular flexibility index (Phi) is 4.31. The van der Waals surface area contributed by atoms with Gasteiger partial charge in [-0.15, -0.1) is 10.2 Å². The largest absolute Gasteiger partial charge is 0.338 e. The number of nitrogens with zero attached hydrogens (tertiary/aromatic N) is 2. The van der Waals surface area contributed by atoms with Crippen molar-refractivity contribution in [2.45, 2.75) is 26.8 Å². The van der Waals surface area contributed by atoms with Crippen LogP contribution in [-0.4, -0.2) is 22.8 Å². The van der Waals surface area contributed by atoms with Crippen molar-refractivity contribution in [1.82, 2.24) is 20.8 Å². The minimum atomic E-state index is -0.153. The zero-order valence-corrected chi connectivity index (χ0v) is 9.15. The van der Waals surface area contributed by atoms with Crippen molar-refractivity contribution in [3.05, 3.63) is 10.0 Å². The van der Waals surface area contributed by atoms with Gasteiger partial charge in [0.2, 0.25) is 0 Å². The third-order valence-electron chi connectivity index (χ3n) is 1.50. The highest BCUT2D eigenvalue weighted by Crippen LogP contribution is 2.06. The third kappa shape index (κ3) is 3.69. The molecule has 0 aliphatic carbocycles. The van der Waals surface area contributed by atoms with Crippen LogP contribution in [0.4, 0.5) is 4.79 Å². The number of aryl methyl sites for hydroxylation is 1. The normalized spacial score (nSPS) is 9.86. The zero-order valence-electron chi connectivity index (χ0n) is 8.33. The molecule has 0 aliphatic rings. The van der Waals surface area contributed by atoms with Crippen molar-refractivity contribution in [3.63, 3.8) is 0 Å². The smallest absolute Gasteiger partial charge is 0.315 e. The monoisotopic (exact) mass is 214 g/mol. The van der Waals surface area contributed by atoms with Gasteiger partial charge in [-0.2, -0.15) is 0 Å². The van der Waals surface area contributed by atoms with Crippen LogP contribution in [0.3, 0.4) is 0 Å². The van der Waals surface area contributed by atoms with Crippen LogP contribution < -0.4 is 10.6 Å². The van der Waals surface area contributed by atoms with Crippen LogP contribution in [0.1, 0.15) is 23.4 Å². The first-order valence-electron chi connectivity index (χ1n) is 4.53. The molecule has 14 heavy (non-hydrogen) atoms. The fourth-order valence-electron chi connectivity index (χ4n) is 0.866. The number of hydrogen-bond donors (Lipinski definition) is 2. The van der Waals surface area contributed by atoms with E-state index in [0.717, 1.165) is 16.4 Å². The maximum Gasteiger partial charge on any atom is 0.315 e. The highest BCUT2D eigenvalue weighted by atomic mass is 32.1. The van der Waals surface area contributed by atoms with Gasteiger partial charge in [0.25, 0.3) is 0 Å². The molecule has 0 saturated heterocycles. The molecule has 0 spiro atoms. The van der Waals surface area contributed by atoms with E-state index in [1.165, 1.54) is 11.3 Å². The van der Waals surface area contributed by atoms with Gasteiger partial charge in [0.15, 0.2) is 0 Å². The summed E-state index contributed by atoms with van der Waals surface area (Å²) in [5.74, 6) is 0. The van der Waals surface area contributed by atoms with Crippen molar-refractivity contribution in [2.75, 3.05) is 6.54 Å². The first-order valence-corrected chi connectivity index (χ1v) is 5.34. The third-order valence-corrected chi connectivity index (χ3v) is 2.34. The summed E-state index contributed by atoms with van der Waals surface area (Å²) in [6, 6.07) is -0.153. The predicted octanol–water partition coefficient (Wildman–Crippen LogP) is 1.06. The van der Waals surface area contributed by atoms with Gasteiger partial charge >= 0.3 is 6.03 Å². The van der Waals surface area contributed by atoms with E-state index >= 15 is 0 Å². The summed E-state index contributed by atoms with van der Waals surface area (Å²) in [5, 5.41) is 14.9. The van der Waals surface area contributed by atoms with Gasteiger partial charge in [-0.25, -0.2) is 4.79 Å². The summed E-state index contributed by atoms with van der Waals surface area (Å²) in [4.78, 5) is 11.1. The van der Waals surface area contributed by atoms with Crippen LogP contribution in [0.5, 0.6) is 0 Å². The number of amides is 2. The molecule has 5 nitrogen and oxygen atoms in total. The van der Waals surface area contributed by atoms with Crippen LogP contribution >= 0.6 is 11.3 Å². The average molecular weight is 214 g/mol. The van der Waals surface area contributed by atoms with E-state index < -0.39 is 0 Å². The Hall–Kier alpha value is -1.17. The van der Waals surface area contributed by atoms with E-state index in [9.17, 15) is 4.79 Å². The highest BCUT2D eigenvalue weighted by Gasteiger charge is 2.02. The molecule has 1 heterocycles. The van der Waals surface area contributed by atoms with Crippen molar-refractivity contribution in [3.8, 4) is 0 Å². The molecule has 78 valence electrons. The van der Waals surface area contributed by atoms with Gasteiger partial charge in [-0.1, -0.05) is 18.3 Å². The summed E-state index contributed by atoms with van der Waals surface area (Å²) >= 11 is 1.49. The lowest BCUT2D eigenvalue weighted by Crippen LogP contribution is -2.35. The van der Waals surface area contributed by atoms with Gasteiger partial charge in [0, 0.05) is 6.54 Å². The van der Waals surface area contributed by atoms with Crippen LogP contribution in [0.15, 0.2) is 0 Å². The van der Waals surface area contributed by atoms with Gasteiger partial charge < -0.3 is 10.6 Å². The average Bonchev–Trinajstić information content (AvgIpc) is 2.58. The Labute approximate surface area is 86.9 Å². The summed E-state index contributed by atoms with van der Waals surface area (Å²) in [6.45, 7) is 5.04. The fraction of sp³-hybridized carbons (Fsp3) is 0.625. The molecular formula is C8H14N4OS. The molecule has 1 aromatic heterocycles. The molecule has 0 aliphatic heterocycles. The summed E-state index contributed by atoms with van der Waals surface area (Å²) in [6.07, 6.45) is 0.936. The second-order valence-corrected chi connectivity index (χ2v) is 4.09. The second-order valence-electron chi connectivity index (χ2n) is 2.82. The molecule has 0 fully saturated rings. The topological polar surface area (TPSA) is 66.9 Å². The molecule has 0 radical (unpaired) electrons. The number of carbonyl (C=O) groups is 1. The predicted molar refractivity (Wildman–Crippen MR) is 55.2 cm³/mol. The van der Waals surface area contributed by atoms with Crippen LogP contribution in [0, 0.1) is 6.92 Å². The maximum absolute atomic E-state index is 11.1. The van der Waals surface area contributed by atoms with Crippen molar-refractivity contribution < 1.29 is 4.79 Å². The number of nitrogens with one attached hydrogen (secondary N) is 2. The lowest BCUT2D eigenvalue weighted by atomic mass is 10.5. The van der Waals surface area contributed by atoms with Crippen molar-refractivity contribution in [2.24, 2.45) is 0 Å². The van der Waals surface area contributed by atoms with E-state index in [2.05, 4.69) is 20.8 Å². The van der Waals surface area contributed by atoms with E-state index in [4.69, 9.17) is 0 Å². The van der Waals surface area contributed by atoms with Gasteiger partial charge in [0.1, 0.15) is 10.0 Å². The Bertz CT molecular complexity index is 299. The SMILES string of the molecule is CCCNC(=O)NCc1nnc(C)s1. The van der Waals surface area contributed by atoms with E-state index in [-0.39, 0.29) is 6.03 Å². The molecule has 0 aromatic carbocycles. The maximum atomic E-state index is 11.1. The second kappa shape index (κ2) is 5.54. The van der Waals surface area contributed by atoms with Crippen LogP contribution in [0.2, 0.25) is 0 Å². The molecule has 0 atom stereocenters. The highest BCUT2D eigenvalue weighted by molar-refractivity contribution is 7.11. The Morgan fingerprint density at radius 3 is 2.79 bits per heavy atom. The Morgan fingerprint density at radius 1 is 1.43 bits per heavy atom. The first kappa shape index (κ1) is 10.9. The van der Waals surface area contributed by atoms with Crippen LogP contribution in [-0.2, 0) is 6.54 Å². The number of aromatic nitrogens is 2. The molecule has 1 aromatic rings. The molecule has 1 rings (SSSR count). The zero-order chi connectivity index (χ0) is 10.4. The first-order chi connectivity index (χ1) is 6.72. The minimum absolute atomic E-state index is 0.153. The molecule has 6 heteroatoms. The van der Waals surface area contributed by atoms with Crippen LogP contribution in [0.25, 0.3) is 0 Å². The van der Waals surface area contributed by atoms with E-state index in [1.807, 2.05) is 13.8 Å². The number of carbonyl (C=O) groups excluding carboxylic acids is 1. The minimum Gasteiger partial charge on any atom is -0.338 e. The molecule has 2 amide bonds. The molecule has 0 saturated carbocycles. The van der Waals surface area contributed by atoms with Crippen molar-refractivity contribution >= 4 is 17.4 Å². The fourth-order valence-corrected chi connectivity index (χ4v) is 1.51. The Balaban J connectivity index is 2.23. The van der Waals surface area contributed by atoms with Gasteiger partial charge in [-0.05, 0) is 13.3 Å². The van der Waals surface area contributed by atoms with Crippen molar-refractivity contribution in [1.29, 1.82) is 0 Å². The molecule has 2 N–H and O–H groups in total. The summed E-state index contributed by atoms with van der Waals surface area (Å²) in [7, 11) is 0. The van der Waals surface area contributed by atoms with Gasteiger partial charge in [0.05, 0.1) is 6.54 Å². The standard InChI is InChI=1S/C8H14N4OS/c1-3-4-9-8(13)10-5-7-12-11-6(2)14-7/h3-5H2,1-2H3,(H2,9,10,13). The van der Waals surface area contributed by atoms with E-state index in [0.29, 0.717) is 13.1 Å². The Morgan fingerprint density at radius 2 is 2.21 bits per heavy atom. The molecule has 0 bridgehead atoms. The lowest BCUT2D eigenvalue weighted by molar-refractivity contribution is 0.240.